The van der Waals surface area contributed by atoms with Crippen LogP contribution in [0.25, 0.3) is 0 Å². The Morgan fingerprint density at radius 1 is 1.05 bits per heavy atom. The van der Waals surface area contributed by atoms with Gasteiger partial charge < -0.3 is 5.32 Å². The van der Waals surface area contributed by atoms with Crippen LogP contribution in [0.5, 0.6) is 0 Å². The van der Waals surface area contributed by atoms with Crippen LogP contribution < -0.4 is 15.1 Å². The number of carbonyl (C=O) groups excluding carboxylic acids is 3. The number of imide groups is 1. The van der Waals surface area contributed by atoms with Gasteiger partial charge in [0.15, 0.2) is 0 Å². The molecule has 3 amide bonds. The van der Waals surface area contributed by atoms with Crippen molar-refractivity contribution in [2.75, 3.05) is 10.2 Å². The van der Waals surface area contributed by atoms with Crippen LogP contribution in [0, 0.1) is 23.0 Å². The zero-order chi connectivity index (χ0) is 28.1. The van der Waals surface area contributed by atoms with Crippen LogP contribution >= 0.6 is 34.4 Å². The quantitative estimate of drug-likeness (QED) is 0.196. The molecule has 2 aliphatic rings. The van der Waals surface area contributed by atoms with Crippen LogP contribution in [0.2, 0.25) is 0 Å². The number of thioether (sulfide) groups is 1. The maximum atomic E-state index is 13.8. The maximum absolute atomic E-state index is 13.8. The van der Waals surface area contributed by atoms with E-state index in [1.807, 2.05) is 42.6 Å². The minimum absolute atomic E-state index is 0.152. The summed E-state index contributed by atoms with van der Waals surface area (Å²) in [6.45, 7) is 1.67. The first-order valence-corrected chi connectivity index (χ1v) is 14.7. The lowest BCUT2D eigenvalue weighted by Gasteiger charge is -2.29. The second-order valence-electron chi connectivity index (χ2n) is 9.38. The Balaban J connectivity index is 1.37. The van der Waals surface area contributed by atoms with Gasteiger partial charge in [-0.15, -0.1) is 11.3 Å². The number of anilines is 2. The molecule has 4 aromatic rings. The molecule has 1 N–H and O–H groups in total. The van der Waals surface area contributed by atoms with Gasteiger partial charge in [0, 0.05) is 33.5 Å². The molecular weight excluding hydrogens is 573 g/mol. The number of thiazole rings is 1. The molecule has 202 valence electrons. The number of carbonyl (C=O) groups is 3. The Hall–Kier alpha value is -4.07. The molecule has 3 atom stereocenters. The van der Waals surface area contributed by atoms with Crippen molar-refractivity contribution in [3.05, 3.63) is 101 Å². The number of hydrogen-bond acceptors (Lipinski definition) is 9. The number of non-ortho nitro benzene ring substituents is 1. The first kappa shape index (κ1) is 26.2. The van der Waals surface area contributed by atoms with Gasteiger partial charge >= 0.3 is 4.87 Å². The van der Waals surface area contributed by atoms with E-state index in [9.17, 15) is 29.3 Å². The first-order valence-electron chi connectivity index (χ1n) is 12.2. The molecule has 13 heteroatoms. The van der Waals surface area contributed by atoms with Crippen LogP contribution in [-0.4, -0.2) is 32.5 Å². The van der Waals surface area contributed by atoms with Crippen LogP contribution in [0.15, 0.2) is 75.9 Å². The molecule has 1 saturated heterocycles. The van der Waals surface area contributed by atoms with E-state index >= 15 is 0 Å². The molecule has 0 bridgehead atoms. The third-order valence-corrected chi connectivity index (χ3v) is 10.4. The van der Waals surface area contributed by atoms with E-state index in [2.05, 4.69) is 5.32 Å². The van der Waals surface area contributed by atoms with E-state index in [1.165, 1.54) is 40.2 Å². The largest absolute Gasteiger partial charge is 0.325 e. The molecule has 2 aromatic carbocycles. The number of aryl methyl sites for hydroxylation is 1. The van der Waals surface area contributed by atoms with Crippen molar-refractivity contribution in [2.24, 2.45) is 5.92 Å². The summed E-state index contributed by atoms with van der Waals surface area (Å²) in [4.78, 5) is 66.4. The normalized spacial score (nSPS) is 19.8. The van der Waals surface area contributed by atoms with Crippen molar-refractivity contribution in [1.82, 2.24) is 4.57 Å². The highest BCUT2D eigenvalue weighted by Crippen LogP contribution is 2.54. The number of amides is 3. The van der Waals surface area contributed by atoms with Crippen LogP contribution in [-0.2, 0) is 20.9 Å². The van der Waals surface area contributed by atoms with E-state index in [0.717, 1.165) is 38.4 Å². The Morgan fingerprint density at radius 3 is 2.50 bits per heavy atom. The predicted octanol–water partition coefficient (Wildman–Crippen LogP) is 4.62. The molecule has 40 heavy (non-hydrogen) atoms. The number of aromatic nitrogens is 1. The summed E-state index contributed by atoms with van der Waals surface area (Å²) in [5.41, 5.74) is 1.69. The van der Waals surface area contributed by atoms with Gasteiger partial charge in [0.25, 0.3) is 5.69 Å². The molecule has 10 nitrogen and oxygen atoms in total. The van der Waals surface area contributed by atoms with E-state index in [-0.39, 0.29) is 28.7 Å². The summed E-state index contributed by atoms with van der Waals surface area (Å²) < 4.78 is 1.37. The number of nitro benzene ring substituents is 1. The monoisotopic (exact) mass is 592 g/mol. The topological polar surface area (TPSA) is 132 Å². The fraction of sp³-hybridized carbons (Fsp3) is 0.185. The lowest BCUT2D eigenvalue weighted by atomic mass is 9.87. The number of rotatable bonds is 6. The average Bonchev–Trinajstić information content (AvgIpc) is 3.61. The van der Waals surface area contributed by atoms with Gasteiger partial charge in [0.1, 0.15) is 11.8 Å². The number of nitrogens with one attached hydrogen (secondary N) is 1. The standard InChI is InChI=1S/C27H20N4O6S3/c1-14-4-2-5-15(12-14)28-19(32)13-29-26-23(40-27(29)35)20(18-6-3-11-38-18)21-22(39-26)25(34)30(24(21)33)16-7-9-17(10-8-16)31(36)37/h2-12,20-22H,13H2,1H3,(H,28,32). The molecule has 0 radical (unpaired) electrons. The molecule has 6 rings (SSSR count). The van der Waals surface area contributed by atoms with Crippen molar-refractivity contribution in [2.45, 2.75) is 29.7 Å². The second-order valence-corrected chi connectivity index (χ2v) is 12.5. The highest BCUT2D eigenvalue weighted by atomic mass is 32.2. The highest BCUT2D eigenvalue weighted by molar-refractivity contribution is 8.00. The Labute approximate surface area is 239 Å². The van der Waals surface area contributed by atoms with E-state index in [0.29, 0.717) is 15.6 Å². The van der Waals surface area contributed by atoms with Gasteiger partial charge in [-0.25, -0.2) is 4.90 Å². The van der Waals surface area contributed by atoms with Crippen molar-refractivity contribution in [3.8, 4) is 0 Å². The molecule has 1 fully saturated rings. The SMILES string of the molecule is Cc1cccc(NC(=O)Cn2c3c(sc2=O)C(c2cccs2)C2C(=O)N(c4ccc([N+](=O)[O-])cc4)C(=O)C2S3)c1. The number of benzene rings is 2. The molecule has 2 aliphatic heterocycles. The van der Waals surface area contributed by atoms with E-state index in [1.54, 1.807) is 6.07 Å². The fourth-order valence-electron chi connectivity index (χ4n) is 5.08. The minimum Gasteiger partial charge on any atom is -0.325 e. The fourth-order valence-corrected chi connectivity index (χ4v) is 8.80. The number of hydrogen-bond donors (Lipinski definition) is 1. The summed E-state index contributed by atoms with van der Waals surface area (Å²) in [7, 11) is 0. The second kappa shape index (κ2) is 10.2. The van der Waals surface area contributed by atoms with Gasteiger partial charge in [-0.3, -0.25) is 33.9 Å². The molecule has 2 aromatic heterocycles. The maximum Gasteiger partial charge on any atom is 0.308 e. The summed E-state index contributed by atoms with van der Waals surface area (Å²) in [6.07, 6.45) is 0. The third kappa shape index (κ3) is 4.45. The lowest BCUT2D eigenvalue weighted by molar-refractivity contribution is -0.384. The summed E-state index contributed by atoms with van der Waals surface area (Å²) in [6, 6.07) is 16.3. The van der Waals surface area contributed by atoms with E-state index in [4.69, 9.17) is 0 Å². The molecule has 0 spiro atoms. The van der Waals surface area contributed by atoms with Crippen LogP contribution in [0.4, 0.5) is 17.1 Å². The number of nitro groups is 1. The third-order valence-electron chi connectivity index (χ3n) is 6.82. The van der Waals surface area contributed by atoms with Crippen LogP contribution in [0.3, 0.4) is 0 Å². The molecule has 0 saturated carbocycles. The molecule has 4 heterocycles. The van der Waals surface area contributed by atoms with Crippen molar-refractivity contribution in [1.29, 1.82) is 0 Å². The number of fused-ring (bicyclic) bond motifs is 2. The zero-order valence-corrected chi connectivity index (χ0v) is 23.3. The average molecular weight is 593 g/mol. The highest BCUT2D eigenvalue weighted by Gasteiger charge is 2.57. The van der Waals surface area contributed by atoms with Gasteiger partial charge in [0.05, 0.1) is 21.6 Å². The number of thiophene rings is 1. The zero-order valence-electron chi connectivity index (χ0n) is 20.8. The molecular formula is C27H20N4O6S3. The van der Waals surface area contributed by atoms with Crippen molar-refractivity contribution < 1.29 is 19.3 Å². The van der Waals surface area contributed by atoms with Crippen molar-refractivity contribution >= 4 is 69.2 Å². The summed E-state index contributed by atoms with van der Waals surface area (Å²) in [5, 5.41) is 15.5. The lowest BCUT2D eigenvalue weighted by Crippen LogP contribution is -2.32. The molecule has 0 aliphatic carbocycles. The van der Waals surface area contributed by atoms with Gasteiger partial charge in [0.2, 0.25) is 17.7 Å². The van der Waals surface area contributed by atoms with Crippen LogP contribution in [0.1, 0.15) is 21.2 Å². The van der Waals surface area contributed by atoms with Gasteiger partial charge in [-0.1, -0.05) is 41.3 Å². The first-order chi connectivity index (χ1) is 19.2. The Kier molecular flexibility index (Phi) is 6.64. The number of nitrogens with zero attached hydrogens (tertiary/aromatic N) is 3. The Morgan fingerprint density at radius 2 is 1.82 bits per heavy atom. The predicted molar refractivity (Wildman–Crippen MR) is 153 cm³/mol. The Bertz CT molecular complexity index is 1730. The van der Waals surface area contributed by atoms with Gasteiger partial charge in [-0.2, -0.15) is 0 Å². The summed E-state index contributed by atoms with van der Waals surface area (Å²) in [5.74, 6) is -2.59. The smallest absolute Gasteiger partial charge is 0.308 e. The van der Waals surface area contributed by atoms with Crippen molar-refractivity contribution in [3.63, 3.8) is 0 Å². The van der Waals surface area contributed by atoms with E-state index < -0.39 is 33.8 Å². The summed E-state index contributed by atoms with van der Waals surface area (Å²) >= 11 is 3.54. The molecule has 3 unspecified atom stereocenters. The van der Waals surface area contributed by atoms with Gasteiger partial charge in [-0.05, 0) is 48.2 Å². The minimum atomic E-state index is -0.831.